The number of hydrogen-bond acceptors (Lipinski definition) is 8. The van der Waals surface area contributed by atoms with Crippen LogP contribution in [0.25, 0.3) is 0 Å². The van der Waals surface area contributed by atoms with Crippen molar-refractivity contribution in [2.75, 3.05) is 24.7 Å². The van der Waals surface area contributed by atoms with E-state index in [4.69, 9.17) is 9.47 Å². The Morgan fingerprint density at radius 1 is 0.767 bits per heavy atom. The van der Waals surface area contributed by atoms with Crippen LogP contribution in [0, 0.1) is 10.8 Å². The number of sulfone groups is 2. The van der Waals surface area contributed by atoms with Gasteiger partial charge < -0.3 is 9.47 Å². The first-order chi connectivity index (χ1) is 13.9. The number of carbonyl (C=O) groups excluding carboxylic acids is 2. The predicted molar refractivity (Wildman–Crippen MR) is 110 cm³/mol. The summed E-state index contributed by atoms with van der Waals surface area (Å²) in [6.07, 6.45) is 9.52. The molecule has 4 rings (SSSR count). The summed E-state index contributed by atoms with van der Waals surface area (Å²) in [7, 11) is -6.49. The number of cyclic esters (lactones) is 2. The number of hydrogen-bond donors (Lipinski definition) is 0. The highest BCUT2D eigenvalue weighted by Gasteiger charge is 2.51. The Balaban J connectivity index is 0.000000171. The normalized spacial score (nSPS) is 39.0. The minimum atomic E-state index is -3.24. The quantitative estimate of drug-likeness (QED) is 0.392. The molecule has 0 aromatic carbocycles. The van der Waals surface area contributed by atoms with Crippen molar-refractivity contribution >= 4 is 31.6 Å². The summed E-state index contributed by atoms with van der Waals surface area (Å²) in [6.45, 7) is 3.35. The average molecular weight is 461 g/mol. The summed E-state index contributed by atoms with van der Waals surface area (Å²) < 4.78 is 57.5. The highest BCUT2D eigenvalue weighted by atomic mass is 32.2. The van der Waals surface area contributed by atoms with Crippen LogP contribution in [0.5, 0.6) is 0 Å². The molecule has 4 aliphatic rings. The Bertz CT molecular complexity index is 898. The molecular weight excluding hydrogens is 432 g/mol. The zero-order valence-corrected chi connectivity index (χ0v) is 18.8. The third-order valence-corrected chi connectivity index (χ3v) is 10.8. The lowest BCUT2D eigenvalue weighted by atomic mass is 9.78. The van der Waals surface area contributed by atoms with Gasteiger partial charge in [0, 0.05) is 0 Å². The van der Waals surface area contributed by atoms with E-state index in [-0.39, 0.29) is 36.7 Å². The highest BCUT2D eigenvalue weighted by molar-refractivity contribution is 7.92. The van der Waals surface area contributed by atoms with Gasteiger partial charge in [-0.1, -0.05) is 24.3 Å². The predicted octanol–water partition coefficient (Wildman–Crippen LogP) is 1.37. The van der Waals surface area contributed by atoms with Crippen molar-refractivity contribution in [2.24, 2.45) is 10.8 Å². The third kappa shape index (κ3) is 4.08. The molecule has 4 atom stereocenters. The standard InChI is InChI=1S/2C10H14O4S/c2*1-10-5-3-2-4-8(10)15(12,13)7-6-14-9(10)11/h2*2,4,8H,3,5-7H2,1H3/t2*8-,10+/m10/s1. The molecule has 30 heavy (non-hydrogen) atoms. The minimum Gasteiger partial charge on any atom is -0.464 e. The molecule has 0 bridgehead atoms. The molecule has 8 nitrogen and oxygen atoms in total. The number of allylic oxidation sites excluding steroid dienone is 2. The maximum Gasteiger partial charge on any atom is 0.313 e. The van der Waals surface area contributed by atoms with Crippen molar-refractivity contribution < 1.29 is 35.9 Å². The lowest BCUT2D eigenvalue weighted by Crippen LogP contribution is -2.43. The van der Waals surface area contributed by atoms with Crippen LogP contribution < -0.4 is 0 Å². The van der Waals surface area contributed by atoms with Crippen molar-refractivity contribution in [3.63, 3.8) is 0 Å². The fourth-order valence-corrected chi connectivity index (χ4v) is 8.32. The molecule has 0 spiro atoms. The summed E-state index contributed by atoms with van der Waals surface area (Å²) in [6, 6.07) is 0. The fourth-order valence-electron chi connectivity index (χ4n) is 4.47. The van der Waals surface area contributed by atoms with Crippen LogP contribution in [-0.4, -0.2) is 64.0 Å². The molecule has 2 aliphatic carbocycles. The Morgan fingerprint density at radius 2 is 1.13 bits per heavy atom. The Labute approximate surface area is 177 Å². The van der Waals surface area contributed by atoms with Gasteiger partial charge in [-0.15, -0.1) is 0 Å². The third-order valence-electron chi connectivity index (χ3n) is 6.45. The minimum absolute atomic E-state index is 0.0128. The second-order valence-corrected chi connectivity index (χ2v) is 13.1. The van der Waals surface area contributed by atoms with Gasteiger partial charge in [-0.05, 0) is 39.5 Å². The molecule has 0 unspecified atom stereocenters. The molecule has 10 heteroatoms. The number of ether oxygens (including phenoxy) is 2. The molecule has 2 fully saturated rings. The summed E-state index contributed by atoms with van der Waals surface area (Å²) in [4.78, 5) is 23.5. The van der Waals surface area contributed by atoms with E-state index in [1.807, 2.05) is 12.2 Å². The molecule has 0 saturated carbocycles. The number of carbonyl (C=O) groups is 2. The second-order valence-electron chi connectivity index (χ2n) is 8.62. The van der Waals surface area contributed by atoms with Gasteiger partial charge in [0.2, 0.25) is 0 Å². The number of esters is 2. The van der Waals surface area contributed by atoms with Crippen LogP contribution in [0.15, 0.2) is 24.3 Å². The van der Waals surface area contributed by atoms with Gasteiger partial charge >= 0.3 is 11.9 Å². The van der Waals surface area contributed by atoms with Crippen molar-refractivity contribution in [3.8, 4) is 0 Å². The first kappa shape index (κ1) is 23.0. The molecule has 2 aliphatic heterocycles. The SMILES string of the molecule is C[C@@]12CCC=C[C@@H]1S(=O)(=O)CCOC2=O.C[C@]12CCC=C[C@H]1S(=O)(=O)CCOC2=O. The molecule has 0 N–H and O–H groups in total. The fraction of sp³-hybridized carbons (Fsp3) is 0.700. The molecule has 2 saturated heterocycles. The van der Waals surface area contributed by atoms with E-state index in [9.17, 15) is 26.4 Å². The number of fused-ring (bicyclic) bond motifs is 2. The van der Waals surface area contributed by atoms with Crippen LogP contribution in [0.3, 0.4) is 0 Å². The van der Waals surface area contributed by atoms with Crippen LogP contribution >= 0.6 is 0 Å². The monoisotopic (exact) mass is 460 g/mol. The summed E-state index contributed by atoms with van der Waals surface area (Å²) in [5, 5.41) is -1.40. The Morgan fingerprint density at radius 3 is 1.50 bits per heavy atom. The van der Waals surface area contributed by atoms with E-state index < -0.39 is 41.0 Å². The largest absolute Gasteiger partial charge is 0.464 e. The average Bonchev–Trinajstić information content (AvgIpc) is 2.82. The zero-order chi connectivity index (χ0) is 22.2. The van der Waals surface area contributed by atoms with E-state index in [1.54, 1.807) is 26.0 Å². The molecule has 0 amide bonds. The van der Waals surface area contributed by atoms with E-state index in [2.05, 4.69) is 0 Å². The van der Waals surface area contributed by atoms with Gasteiger partial charge in [-0.25, -0.2) is 16.8 Å². The molecule has 0 radical (unpaired) electrons. The van der Waals surface area contributed by atoms with Crippen LogP contribution in [0.2, 0.25) is 0 Å². The first-order valence-corrected chi connectivity index (χ1v) is 13.5. The molecule has 168 valence electrons. The smallest absolute Gasteiger partial charge is 0.313 e. The lowest BCUT2D eigenvalue weighted by molar-refractivity contribution is -0.154. The molecule has 2 heterocycles. The second kappa shape index (κ2) is 8.11. The van der Waals surface area contributed by atoms with Gasteiger partial charge in [0.1, 0.15) is 13.2 Å². The Hall–Kier alpha value is -1.68. The molecular formula is C20H28O8S2. The number of rotatable bonds is 0. The van der Waals surface area contributed by atoms with Crippen LogP contribution in [0.4, 0.5) is 0 Å². The van der Waals surface area contributed by atoms with Gasteiger partial charge in [-0.3, -0.25) is 9.59 Å². The molecule has 0 aromatic rings. The summed E-state index contributed by atoms with van der Waals surface area (Å²) in [5.41, 5.74) is -1.77. The van der Waals surface area contributed by atoms with E-state index in [0.717, 1.165) is 12.8 Å². The van der Waals surface area contributed by atoms with Gasteiger partial charge in [0.25, 0.3) is 0 Å². The lowest BCUT2D eigenvalue weighted by Gasteiger charge is -2.33. The van der Waals surface area contributed by atoms with E-state index in [1.165, 1.54) is 0 Å². The van der Waals surface area contributed by atoms with Crippen molar-refractivity contribution in [1.29, 1.82) is 0 Å². The van der Waals surface area contributed by atoms with Crippen LogP contribution in [0.1, 0.15) is 39.5 Å². The Kier molecular flexibility index (Phi) is 6.21. The van der Waals surface area contributed by atoms with Gasteiger partial charge in [0.15, 0.2) is 19.7 Å². The maximum atomic E-state index is 11.9. The molecule has 0 aromatic heterocycles. The summed E-state index contributed by atoms with van der Waals surface area (Å²) >= 11 is 0. The highest BCUT2D eigenvalue weighted by Crippen LogP contribution is 2.40. The maximum absolute atomic E-state index is 11.9. The topological polar surface area (TPSA) is 121 Å². The first-order valence-electron chi connectivity index (χ1n) is 10.0. The zero-order valence-electron chi connectivity index (χ0n) is 17.2. The van der Waals surface area contributed by atoms with E-state index >= 15 is 0 Å². The van der Waals surface area contributed by atoms with Crippen LogP contribution in [-0.2, 0) is 38.7 Å². The van der Waals surface area contributed by atoms with Crippen molar-refractivity contribution in [2.45, 2.75) is 50.0 Å². The van der Waals surface area contributed by atoms with E-state index in [0.29, 0.717) is 12.8 Å². The van der Waals surface area contributed by atoms with Gasteiger partial charge in [0.05, 0.1) is 32.8 Å². The van der Waals surface area contributed by atoms with Gasteiger partial charge in [-0.2, -0.15) is 0 Å². The van der Waals surface area contributed by atoms with Crippen molar-refractivity contribution in [3.05, 3.63) is 24.3 Å². The summed E-state index contributed by atoms with van der Waals surface area (Å²) in [5.74, 6) is -0.886. The van der Waals surface area contributed by atoms with Crippen molar-refractivity contribution in [1.82, 2.24) is 0 Å².